The Hall–Kier alpha value is -2.08. The van der Waals surface area contributed by atoms with E-state index in [1.807, 2.05) is 28.9 Å². The van der Waals surface area contributed by atoms with Crippen LogP contribution in [0, 0.1) is 11.3 Å². The van der Waals surface area contributed by atoms with E-state index in [0.29, 0.717) is 12.5 Å². The van der Waals surface area contributed by atoms with Crippen molar-refractivity contribution >= 4 is 17.4 Å². The smallest absolute Gasteiger partial charge is 0.319 e. The molecule has 6 heteroatoms. The number of amides is 2. The SMILES string of the molecule is CC(C)(CNC(=O)Nc1ccc2nccn2c1)C1CCOCC1. The number of aromatic nitrogens is 2. The van der Waals surface area contributed by atoms with Gasteiger partial charge in [0.1, 0.15) is 5.65 Å². The fourth-order valence-corrected chi connectivity index (χ4v) is 3.10. The van der Waals surface area contributed by atoms with Gasteiger partial charge < -0.3 is 19.8 Å². The quantitative estimate of drug-likeness (QED) is 0.911. The van der Waals surface area contributed by atoms with Gasteiger partial charge in [0.25, 0.3) is 0 Å². The lowest BCUT2D eigenvalue weighted by atomic mass is 9.74. The zero-order chi connectivity index (χ0) is 16.3. The molecule has 0 spiro atoms. The molecule has 0 saturated carbocycles. The number of imidazole rings is 1. The predicted octanol–water partition coefficient (Wildman–Crippen LogP) is 2.91. The Morgan fingerprint density at radius 2 is 2.17 bits per heavy atom. The number of hydrogen-bond donors (Lipinski definition) is 2. The number of nitrogens with one attached hydrogen (secondary N) is 2. The van der Waals surface area contributed by atoms with Crippen LogP contribution in [0.1, 0.15) is 26.7 Å². The number of carbonyl (C=O) groups is 1. The van der Waals surface area contributed by atoms with E-state index in [4.69, 9.17) is 4.74 Å². The maximum Gasteiger partial charge on any atom is 0.319 e. The van der Waals surface area contributed by atoms with Crippen LogP contribution in [0.3, 0.4) is 0 Å². The molecule has 0 bridgehead atoms. The summed E-state index contributed by atoms with van der Waals surface area (Å²) >= 11 is 0. The van der Waals surface area contributed by atoms with Crippen LogP contribution in [0.5, 0.6) is 0 Å². The highest BCUT2D eigenvalue weighted by Gasteiger charge is 2.31. The highest BCUT2D eigenvalue weighted by Crippen LogP contribution is 2.33. The van der Waals surface area contributed by atoms with Gasteiger partial charge in [0, 0.05) is 38.3 Å². The van der Waals surface area contributed by atoms with E-state index >= 15 is 0 Å². The standard InChI is InChI=1S/C17H24N4O2/c1-17(2,13-5-9-23-10-6-13)12-19-16(22)20-14-3-4-15-18-7-8-21(15)11-14/h3-4,7-8,11,13H,5-6,9-10,12H2,1-2H3,(H2,19,20,22). The van der Waals surface area contributed by atoms with Crippen LogP contribution in [-0.4, -0.2) is 35.2 Å². The molecule has 1 aliphatic rings. The number of carbonyl (C=O) groups excluding carboxylic acids is 1. The van der Waals surface area contributed by atoms with Crippen molar-refractivity contribution < 1.29 is 9.53 Å². The lowest BCUT2D eigenvalue weighted by Gasteiger charge is -2.37. The second-order valence-corrected chi connectivity index (χ2v) is 6.79. The van der Waals surface area contributed by atoms with Crippen LogP contribution in [0.25, 0.3) is 5.65 Å². The van der Waals surface area contributed by atoms with Gasteiger partial charge in [0.15, 0.2) is 0 Å². The minimum atomic E-state index is -0.176. The summed E-state index contributed by atoms with van der Waals surface area (Å²) in [6.07, 6.45) is 7.56. The average Bonchev–Trinajstić information content (AvgIpc) is 3.02. The zero-order valence-corrected chi connectivity index (χ0v) is 13.7. The van der Waals surface area contributed by atoms with Crippen molar-refractivity contribution in [3.8, 4) is 0 Å². The summed E-state index contributed by atoms with van der Waals surface area (Å²) in [6.45, 7) is 6.72. The van der Waals surface area contributed by atoms with Crippen LogP contribution >= 0.6 is 0 Å². The number of rotatable bonds is 4. The third-order valence-electron chi connectivity index (χ3n) is 4.68. The number of hydrogen-bond acceptors (Lipinski definition) is 3. The molecule has 3 rings (SSSR count). The van der Waals surface area contributed by atoms with Gasteiger partial charge in [-0.2, -0.15) is 0 Å². The first kappa shape index (κ1) is 15.8. The third kappa shape index (κ3) is 3.82. The van der Waals surface area contributed by atoms with Gasteiger partial charge in [0.2, 0.25) is 0 Å². The third-order valence-corrected chi connectivity index (χ3v) is 4.68. The highest BCUT2D eigenvalue weighted by molar-refractivity contribution is 5.89. The molecular weight excluding hydrogens is 292 g/mol. The molecule has 6 nitrogen and oxygen atoms in total. The molecule has 2 aromatic heterocycles. The summed E-state index contributed by atoms with van der Waals surface area (Å²) in [5.74, 6) is 0.582. The molecule has 1 fully saturated rings. The lowest BCUT2D eigenvalue weighted by molar-refractivity contribution is 0.0238. The highest BCUT2D eigenvalue weighted by atomic mass is 16.5. The Morgan fingerprint density at radius 3 is 2.96 bits per heavy atom. The molecule has 124 valence electrons. The minimum absolute atomic E-state index is 0.0649. The summed E-state index contributed by atoms with van der Waals surface area (Å²) in [5.41, 5.74) is 1.67. The van der Waals surface area contributed by atoms with Crippen molar-refractivity contribution in [1.29, 1.82) is 0 Å². The number of fused-ring (bicyclic) bond motifs is 1. The summed E-state index contributed by atoms with van der Waals surface area (Å²) in [5, 5.41) is 5.87. The zero-order valence-electron chi connectivity index (χ0n) is 13.7. The molecule has 2 N–H and O–H groups in total. The topological polar surface area (TPSA) is 67.7 Å². The van der Waals surface area contributed by atoms with E-state index < -0.39 is 0 Å². The molecule has 1 aliphatic heterocycles. The molecule has 0 aliphatic carbocycles. The van der Waals surface area contributed by atoms with Crippen molar-refractivity contribution in [1.82, 2.24) is 14.7 Å². The van der Waals surface area contributed by atoms with Crippen LogP contribution in [0.15, 0.2) is 30.7 Å². The summed E-state index contributed by atoms with van der Waals surface area (Å²) in [6, 6.07) is 3.55. The van der Waals surface area contributed by atoms with Gasteiger partial charge in [-0.3, -0.25) is 0 Å². The van der Waals surface area contributed by atoms with Crippen molar-refractivity contribution in [2.24, 2.45) is 11.3 Å². The fourth-order valence-electron chi connectivity index (χ4n) is 3.10. The summed E-state index contributed by atoms with van der Waals surface area (Å²) in [7, 11) is 0. The Kier molecular flexibility index (Phi) is 4.52. The van der Waals surface area contributed by atoms with E-state index in [2.05, 4.69) is 29.5 Å². The monoisotopic (exact) mass is 316 g/mol. The van der Waals surface area contributed by atoms with Crippen LogP contribution in [0.4, 0.5) is 10.5 Å². The van der Waals surface area contributed by atoms with Crippen molar-refractivity contribution in [2.45, 2.75) is 26.7 Å². The van der Waals surface area contributed by atoms with Gasteiger partial charge in [-0.1, -0.05) is 13.8 Å². The molecule has 3 heterocycles. The molecule has 2 aromatic rings. The van der Waals surface area contributed by atoms with Crippen molar-refractivity contribution in [2.75, 3.05) is 25.1 Å². The second-order valence-electron chi connectivity index (χ2n) is 6.79. The molecule has 1 saturated heterocycles. The second kappa shape index (κ2) is 6.58. The van der Waals surface area contributed by atoms with Gasteiger partial charge in [-0.05, 0) is 36.3 Å². The van der Waals surface area contributed by atoms with Gasteiger partial charge in [-0.25, -0.2) is 9.78 Å². The van der Waals surface area contributed by atoms with Crippen LogP contribution < -0.4 is 10.6 Å². The first-order valence-corrected chi connectivity index (χ1v) is 8.10. The average molecular weight is 316 g/mol. The summed E-state index contributed by atoms with van der Waals surface area (Å²) in [4.78, 5) is 16.3. The largest absolute Gasteiger partial charge is 0.381 e. The Bertz CT molecular complexity index is 674. The first-order valence-electron chi connectivity index (χ1n) is 8.10. The Labute approximate surface area is 136 Å². The summed E-state index contributed by atoms with van der Waals surface area (Å²) < 4.78 is 7.30. The Morgan fingerprint density at radius 1 is 1.39 bits per heavy atom. The van der Waals surface area contributed by atoms with Gasteiger partial charge in [-0.15, -0.1) is 0 Å². The molecule has 0 atom stereocenters. The van der Waals surface area contributed by atoms with E-state index in [9.17, 15) is 4.79 Å². The molecule has 0 radical (unpaired) electrons. The van der Waals surface area contributed by atoms with E-state index in [-0.39, 0.29) is 11.4 Å². The molecule has 0 aromatic carbocycles. The number of ether oxygens (including phenoxy) is 1. The number of urea groups is 1. The number of anilines is 1. The normalized spacial score (nSPS) is 16.4. The van der Waals surface area contributed by atoms with E-state index in [0.717, 1.165) is 37.4 Å². The minimum Gasteiger partial charge on any atom is -0.381 e. The van der Waals surface area contributed by atoms with Gasteiger partial charge in [0.05, 0.1) is 5.69 Å². The maximum absolute atomic E-state index is 12.1. The molecule has 23 heavy (non-hydrogen) atoms. The van der Waals surface area contributed by atoms with Crippen LogP contribution in [0.2, 0.25) is 0 Å². The number of nitrogens with zero attached hydrogens (tertiary/aromatic N) is 2. The van der Waals surface area contributed by atoms with Gasteiger partial charge >= 0.3 is 6.03 Å². The number of pyridine rings is 1. The first-order chi connectivity index (χ1) is 11.0. The van der Waals surface area contributed by atoms with E-state index in [1.165, 1.54) is 0 Å². The molecule has 2 amide bonds. The maximum atomic E-state index is 12.1. The van der Waals surface area contributed by atoms with E-state index in [1.54, 1.807) is 6.20 Å². The predicted molar refractivity (Wildman–Crippen MR) is 89.5 cm³/mol. The van der Waals surface area contributed by atoms with Crippen molar-refractivity contribution in [3.63, 3.8) is 0 Å². The fraction of sp³-hybridized carbons (Fsp3) is 0.529. The molecular formula is C17H24N4O2. The lowest BCUT2D eigenvalue weighted by Crippen LogP contribution is -2.42. The van der Waals surface area contributed by atoms with Crippen molar-refractivity contribution in [3.05, 3.63) is 30.7 Å². The van der Waals surface area contributed by atoms with Crippen LogP contribution in [-0.2, 0) is 4.74 Å². The molecule has 0 unspecified atom stereocenters. The Balaban J connectivity index is 1.54.